The van der Waals surface area contributed by atoms with Gasteiger partial charge in [0.2, 0.25) is 0 Å². The minimum atomic E-state index is -2.87. The summed E-state index contributed by atoms with van der Waals surface area (Å²) in [7, 11) is -0.662. The third-order valence-electron chi connectivity index (χ3n) is 10.1. The molecule has 6 rings (SSSR count). The third kappa shape index (κ3) is 9.08. The molecule has 0 fully saturated rings. The smallest absolute Gasteiger partial charge is 0 e. The molecule has 0 aromatic heterocycles. The number of para-hydroxylation sites is 6. The van der Waals surface area contributed by atoms with Crippen molar-refractivity contribution in [1.29, 1.82) is 10.8 Å². The van der Waals surface area contributed by atoms with E-state index in [0.717, 1.165) is 0 Å². The molecule has 6 nitrogen and oxygen atoms in total. The fourth-order valence-corrected chi connectivity index (χ4v) is 26.6. The molecule has 0 atom stereocenters. The van der Waals surface area contributed by atoms with E-state index in [1.165, 1.54) is 53.0 Å². The maximum Gasteiger partial charge on any atom is 0 e. The molecular weight excluding hydrogens is 774 g/mol. The summed E-state index contributed by atoms with van der Waals surface area (Å²) in [6, 6.07) is 28.3. The first-order chi connectivity index (χ1) is 23.3. The summed E-state index contributed by atoms with van der Waals surface area (Å²) in [5.41, 5.74) is 12.4. The molecule has 3 heterocycles. The average molecular weight is 835 g/mol. The van der Waals surface area contributed by atoms with E-state index in [2.05, 4.69) is 172 Å². The van der Waals surface area contributed by atoms with Crippen molar-refractivity contribution in [3.05, 3.63) is 72.8 Å². The fraction of sp³-hybridized carbons (Fsp3) is 0.538. The van der Waals surface area contributed by atoms with Crippen LogP contribution in [-0.4, -0.2) is 69.8 Å². The Morgan fingerprint density at radius 2 is 0.620 bits per heavy atom. The number of anilines is 6. The zero-order valence-electron chi connectivity index (χ0n) is 32.4. The number of benzene rings is 3. The Morgan fingerprint density at radius 1 is 0.420 bits per heavy atom. The van der Waals surface area contributed by atoms with Gasteiger partial charge < -0.3 is 0 Å². The molecule has 3 aromatic rings. The summed E-state index contributed by atoms with van der Waals surface area (Å²) in [6.07, 6.45) is 3.50. The van der Waals surface area contributed by atoms with Crippen LogP contribution in [0.15, 0.2) is 72.8 Å². The predicted molar refractivity (Wildman–Crippen MR) is 224 cm³/mol. The van der Waals surface area contributed by atoms with Gasteiger partial charge in [0.25, 0.3) is 0 Å². The largest absolute Gasteiger partial charge is 0 e. The molecule has 0 saturated heterocycles. The molecule has 0 amide bonds. The Kier molecular flexibility index (Phi) is 16.5. The van der Waals surface area contributed by atoms with Crippen LogP contribution in [0, 0.1) is 10.8 Å². The molecular formula is C39H60CoGaN6P3. The van der Waals surface area contributed by atoms with Gasteiger partial charge in [0.15, 0.2) is 0 Å². The van der Waals surface area contributed by atoms with Crippen LogP contribution in [0.1, 0.15) is 83.1 Å². The Balaban J connectivity index is 0.00000221. The maximum absolute atomic E-state index is 6.00. The SMILES string of the molecule is CC(C)P(C[N]1c2ccccc2N2c3ccccc3[N](CP(C(C)C)C(C)C)[Ga]1[N](CP(C(C)C)C(C)C)c1ccccc12)C(C)C.N#N.[Co]. The van der Waals surface area contributed by atoms with Crippen molar-refractivity contribution in [3.63, 3.8) is 0 Å². The van der Waals surface area contributed by atoms with Crippen LogP contribution in [-0.2, 0) is 16.8 Å². The van der Waals surface area contributed by atoms with Crippen molar-refractivity contribution in [2.75, 3.05) is 34.6 Å². The van der Waals surface area contributed by atoms with E-state index >= 15 is 0 Å². The van der Waals surface area contributed by atoms with Crippen LogP contribution in [0.25, 0.3) is 0 Å². The van der Waals surface area contributed by atoms with Crippen molar-refractivity contribution in [3.8, 4) is 0 Å². The first-order valence-corrected chi connectivity index (χ1v) is 26.4. The van der Waals surface area contributed by atoms with E-state index < -0.39 is 16.9 Å². The molecule has 0 saturated carbocycles. The summed E-state index contributed by atoms with van der Waals surface area (Å²) < 4.78 is 9.19. The van der Waals surface area contributed by atoms with Crippen LogP contribution in [0.2, 0.25) is 0 Å². The van der Waals surface area contributed by atoms with Crippen LogP contribution in [0.3, 0.4) is 0 Å². The number of hydrogen-bond acceptors (Lipinski definition) is 6. The molecule has 273 valence electrons. The van der Waals surface area contributed by atoms with Crippen LogP contribution in [0.5, 0.6) is 0 Å². The Morgan fingerprint density at radius 3 is 0.820 bits per heavy atom. The van der Waals surface area contributed by atoms with E-state index in [1.807, 2.05) is 0 Å². The van der Waals surface area contributed by atoms with Gasteiger partial charge in [0.1, 0.15) is 0 Å². The van der Waals surface area contributed by atoms with Crippen LogP contribution < -0.4 is 15.7 Å². The molecule has 0 N–H and O–H groups in total. The van der Waals surface area contributed by atoms with Crippen LogP contribution in [0.4, 0.5) is 34.1 Å². The second-order valence-electron chi connectivity index (χ2n) is 15.1. The molecule has 0 unspecified atom stereocenters. The minimum absolute atomic E-state index is 0. The Bertz CT molecular complexity index is 1340. The van der Waals surface area contributed by atoms with Gasteiger partial charge in [-0.2, -0.15) is 0 Å². The molecule has 1 radical (unpaired) electrons. The van der Waals surface area contributed by atoms with E-state index in [9.17, 15) is 0 Å². The number of nitrogens with zero attached hydrogens (tertiary/aromatic N) is 6. The molecule has 2 bridgehead atoms. The van der Waals surface area contributed by atoms with Gasteiger partial charge in [-0.25, -0.2) is 0 Å². The van der Waals surface area contributed by atoms with Gasteiger partial charge in [-0.15, -0.1) is 0 Å². The quantitative estimate of drug-likeness (QED) is 0.103. The summed E-state index contributed by atoms with van der Waals surface area (Å²) in [5.74, 6) is 0. The van der Waals surface area contributed by atoms with Gasteiger partial charge in [-0.3, -0.25) is 0 Å². The second-order valence-corrected chi connectivity index (χ2v) is 30.6. The van der Waals surface area contributed by atoms with Crippen molar-refractivity contribution in [2.45, 2.75) is 117 Å². The van der Waals surface area contributed by atoms with Crippen molar-refractivity contribution in [1.82, 2.24) is 0 Å². The van der Waals surface area contributed by atoms with Crippen LogP contribution >= 0.6 is 23.8 Å². The molecule has 0 spiro atoms. The van der Waals surface area contributed by atoms with E-state index in [-0.39, 0.29) is 40.5 Å². The normalized spacial score (nSPS) is 14.0. The molecule has 3 aliphatic heterocycles. The molecule has 3 aliphatic rings. The number of hydrogen-bond donors (Lipinski definition) is 0. The standard InChI is InChI=1S/C39H60N4P3.Co.Ga.N2/c1-28(2)44(29(3)4)25-40-34-19-13-16-22-37(34)43(38-23-17-14-20-35(38)41-26-45(30(5)6)31(7)8)39-24-18-15-21-36(39)42-27-46(32(9)10)33(11)12;;;1-2/h13-24,28-33H,25-27H2,1-12H3;;;/q-3;;+3;. The van der Waals surface area contributed by atoms with E-state index in [4.69, 9.17) is 10.8 Å². The first-order valence-electron chi connectivity index (χ1n) is 18.2. The molecule has 50 heavy (non-hydrogen) atoms. The Hall–Kier alpha value is -1.29. The second kappa shape index (κ2) is 19.2. The molecule has 11 heteroatoms. The summed E-state index contributed by atoms with van der Waals surface area (Å²) in [6.45, 7) is 29.8. The van der Waals surface area contributed by atoms with Gasteiger partial charge in [-0.1, -0.05) is 0 Å². The summed E-state index contributed by atoms with van der Waals surface area (Å²) in [4.78, 5) is 2.64. The van der Waals surface area contributed by atoms with Gasteiger partial charge >= 0.3 is 299 Å². The average Bonchev–Trinajstić information content (AvgIpc) is 3.04. The van der Waals surface area contributed by atoms with Crippen molar-refractivity contribution in [2.24, 2.45) is 0 Å². The third-order valence-corrected chi connectivity index (χ3v) is 28.3. The van der Waals surface area contributed by atoms with Crippen molar-refractivity contribution >= 4 is 74.8 Å². The minimum Gasteiger partial charge on any atom is 0 e. The Labute approximate surface area is 324 Å². The van der Waals surface area contributed by atoms with E-state index in [0.29, 0.717) is 34.0 Å². The maximum atomic E-state index is 6.00. The zero-order chi connectivity index (χ0) is 36.2. The zero-order valence-corrected chi connectivity index (χ0v) is 38.6. The van der Waals surface area contributed by atoms with Crippen molar-refractivity contribution < 1.29 is 16.8 Å². The van der Waals surface area contributed by atoms with Gasteiger partial charge in [-0.05, 0) is 0 Å². The van der Waals surface area contributed by atoms with Gasteiger partial charge in [0.05, 0.1) is 0 Å². The first kappa shape index (κ1) is 43.1. The van der Waals surface area contributed by atoms with Gasteiger partial charge in [0, 0.05) is 27.6 Å². The summed E-state index contributed by atoms with van der Waals surface area (Å²) in [5, 5.41) is 12.0. The predicted octanol–water partition coefficient (Wildman–Crippen LogP) is 12.4. The molecule has 0 aliphatic carbocycles. The number of rotatable bonds is 12. The summed E-state index contributed by atoms with van der Waals surface area (Å²) >= 11 is -2.87. The monoisotopic (exact) mass is 833 g/mol. The topological polar surface area (TPSA) is 60.5 Å². The molecule has 3 aromatic carbocycles. The fourth-order valence-electron chi connectivity index (χ4n) is 7.70. The van der Waals surface area contributed by atoms with E-state index in [1.54, 1.807) is 0 Å².